The first-order chi connectivity index (χ1) is 7.04. The summed E-state index contributed by atoms with van der Waals surface area (Å²) in [6.07, 6.45) is 0.749. The van der Waals surface area contributed by atoms with Gasteiger partial charge in [-0.25, -0.2) is 0 Å². The van der Waals surface area contributed by atoms with E-state index in [4.69, 9.17) is 5.73 Å². The molecule has 1 aliphatic rings. The molecular formula is C8H11N5O2. The molecule has 5 N–H and O–H groups in total. The average Bonchev–Trinajstić information content (AvgIpc) is 2.20. The summed E-state index contributed by atoms with van der Waals surface area (Å²) in [4.78, 5) is 28.6. The van der Waals surface area contributed by atoms with Crippen LogP contribution in [0.25, 0.3) is 0 Å². The van der Waals surface area contributed by atoms with E-state index >= 15 is 0 Å². The van der Waals surface area contributed by atoms with Gasteiger partial charge in [0.15, 0.2) is 5.82 Å². The number of nitrogen functional groups attached to an aromatic ring is 1. The van der Waals surface area contributed by atoms with Crippen LogP contribution in [0.3, 0.4) is 0 Å². The van der Waals surface area contributed by atoms with E-state index in [9.17, 15) is 9.59 Å². The Morgan fingerprint density at radius 1 is 1.60 bits per heavy atom. The molecule has 1 atom stereocenters. The van der Waals surface area contributed by atoms with E-state index in [1.165, 1.54) is 0 Å². The van der Waals surface area contributed by atoms with Crippen LogP contribution in [0.2, 0.25) is 0 Å². The number of rotatable bonds is 1. The highest BCUT2D eigenvalue weighted by molar-refractivity contribution is 5.78. The highest BCUT2D eigenvalue weighted by Crippen LogP contribution is 2.23. The molecule has 1 aromatic rings. The summed E-state index contributed by atoms with van der Waals surface area (Å²) >= 11 is 0. The number of carbonyl (C=O) groups is 1. The molecule has 0 spiro atoms. The number of aldehydes is 1. The van der Waals surface area contributed by atoms with Crippen molar-refractivity contribution in [1.29, 1.82) is 0 Å². The standard InChI is InChI=1S/C8H11N5O2/c1-8(3-14)2-10-5-4(13-8)6(15)12-7(9)11-5/h3,13H,2H2,1H3,(H4,9,10,11,12,15). The number of hydrogen-bond donors (Lipinski definition) is 4. The number of hydrogen-bond acceptors (Lipinski definition) is 6. The van der Waals surface area contributed by atoms with E-state index in [-0.39, 0.29) is 11.6 Å². The van der Waals surface area contributed by atoms with Crippen LogP contribution in [-0.2, 0) is 4.79 Å². The number of anilines is 3. The van der Waals surface area contributed by atoms with Gasteiger partial charge in [0, 0.05) is 6.54 Å². The molecule has 0 saturated heterocycles. The molecule has 2 heterocycles. The zero-order valence-electron chi connectivity index (χ0n) is 8.13. The third kappa shape index (κ3) is 1.51. The molecule has 7 heteroatoms. The first-order valence-corrected chi connectivity index (χ1v) is 4.42. The van der Waals surface area contributed by atoms with Gasteiger partial charge in [-0.2, -0.15) is 4.98 Å². The molecule has 1 unspecified atom stereocenters. The molecule has 0 aromatic carbocycles. The fourth-order valence-corrected chi connectivity index (χ4v) is 1.40. The Morgan fingerprint density at radius 3 is 3.00 bits per heavy atom. The van der Waals surface area contributed by atoms with Crippen molar-refractivity contribution in [2.45, 2.75) is 12.5 Å². The zero-order valence-corrected chi connectivity index (χ0v) is 8.13. The summed E-state index contributed by atoms with van der Waals surface area (Å²) in [5.74, 6) is 0.415. The highest BCUT2D eigenvalue weighted by atomic mass is 16.1. The Labute approximate surface area is 85.1 Å². The van der Waals surface area contributed by atoms with E-state index in [0.29, 0.717) is 12.4 Å². The van der Waals surface area contributed by atoms with Gasteiger partial charge in [-0.15, -0.1) is 0 Å². The molecule has 2 rings (SSSR count). The van der Waals surface area contributed by atoms with Crippen molar-refractivity contribution < 1.29 is 4.79 Å². The minimum Gasteiger partial charge on any atom is -0.369 e. The predicted molar refractivity (Wildman–Crippen MR) is 55.9 cm³/mol. The fraction of sp³-hybridized carbons (Fsp3) is 0.375. The van der Waals surface area contributed by atoms with Gasteiger partial charge < -0.3 is 21.2 Å². The van der Waals surface area contributed by atoms with Gasteiger partial charge >= 0.3 is 0 Å². The third-order valence-electron chi connectivity index (χ3n) is 2.23. The Morgan fingerprint density at radius 2 is 2.33 bits per heavy atom. The van der Waals surface area contributed by atoms with Crippen molar-refractivity contribution in [2.75, 3.05) is 22.9 Å². The third-order valence-corrected chi connectivity index (χ3v) is 2.23. The molecule has 0 bridgehead atoms. The second-order valence-corrected chi connectivity index (χ2v) is 3.69. The molecule has 0 saturated carbocycles. The first kappa shape index (κ1) is 9.50. The second kappa shape index (κ2) is 2.97. The molecule has 7 nitrogen and oxygen atoms in total. The summed E-state index contributed by atoms with van der Waals surface area (Å²) in [6.45, 7) is 2.05. The lowest BCUT2D eigenvalue weighted by Gasteiger charge is -2.31. The maximum atomic E-state index is 11.5. The molecule has 0 radical (unpaired) electrons. The lowest BCUT2D eigenvalue weighted by atomic mass is 10.0. The lowest BCUT2D eigenvalue weighted by Crippen LogP contribution is -2.48. The SMILES string of the molecule is CC1(C=O)CNc2nc(N)[nH]c(=O)c2N1. The predicted octanol–water partition coefficient (Wildman–Crippen LogP) is -0.853. The number of aromatic amines is 1. The number of aromatic nitrogens is 2. The number of nitrogens with zero attached hydrogens (tertiary/aromatic N) is 1. The van der Waals surface area contributed by atoms with Gasteiger partial charge in [0.1, 0.15) is 17.5 Å². The maximum absolute atomic E-state index is 11.5. The van der Waals surface area contributed by atoms with E-state index in [0.717, 1.165) is 6.29 Å². The van der Waals surface area contributed by atoms with Crippen LogP contribution in [0.1, 0.15) is 6.92 Å². The van der Waals surface area contributed by atoms with Crippen LogP contribution < -0.4 is 21.9 Å². The fourth-order valence-electron chi connectivity index (χ4n) is 1.40. The average molecular weight is 209 g/mol. The van der Waals surface area contributed by atoms with Crippen molar-refractivity contribution in [1.82, 2.24) is 9.97 Å². The summed E-state index contributed by atoms with van der Waals surface area (Å²) in [6, 6.07) is 0. The maximum Gasteiger partial charge on any atom is 0.277 e. The van der Waals surface area contributed by atoms with Crippen molar-refractivity contribution in [3.05, 3.63) is 10.4 Å². The van der Waals surface area contributed by atoms with E-state index in [1.807, 2.05) is 0 Å². The number of nitrogens with two attached hydrogens (primary N) is 1. The van der Waals surface area contributed by atoms with Gasteiger partial charge in [-0.1, -0.05) is 0 Å². The first-order valence-electron chi connectivity index (χ1n) is 4.42. The minimum atomic E-state index is -0.794. The topological polar surface area (TPSA) is 113 Å². The Hall–Kier alpha value is -2.05. The van der Waals surface area contributed by atoms with Crippen molar-refractivity contribution in [3.63, 3.8) is 0 Å². The molecule has 0 amide bonds. The van der Waals surface area contributed by atoms with Crippen molar-refractivity contribution in [3.8, 4) is 0 Å². The second-order valence-electron chi connectivity index (χ2n) is 3.69. The Bertz CT molecular complexity index is 469. The molecule has 15 heavy (non-hydrogen) atoms. The molecule has 1 aliphatic heterocycles. The Kier molecular flexibility index (Phi) is 1.88. The highest BCUT2D eigenvalue weighted by Gasteiger charge is 2.30. The number of nitrogens with one attached hydrogen (secondary N) is 3. The van der Waals surface area contributed by atoms with Gasteiger partial charge in [0.2, 0.25) is 5.95 Å². The minimum absolute atomic E-state index is 0.0442. The van der Waals surface area contributed by atoms with Crippen LogP contribution in [0.4, 0.5) is 17.5 Å². The zero-order chi connectivity index (χ0) is 11.1. The summed E-state index contributed by atoms with van der Waals surface area (Å²) < 4.78 is 0. The largest absolute Gasteiger partial charge is 0.369 e. The number of fused-ring (bicyclic) bond motifs is 1. The Balaban J connectivity index is 2.51. The molecule has 0 aliphatic carbocycles. The van der Waals surface area contributed by atoms with Crippen LogP contribution in [0.5, 0.6) is 0 Å². The van der Waals surface area contributed by atoms with E-state index < -0.39 is 11.1 Å². The van der Waals surface area contributed by atoms with Crippen molar-refractivity contribution >= 4 is 23.7 Å². The summed E-state index contributed by atoms with van der Waals surface area (Å²) in [5, 5.41) is 5.71. The number of carbonyl (C=O) groups excluding carboxylic acids is 1. The number of H-pyrrole nitrogens is 1. The van der Waals surface area contributed by atoms with Crippen LogP contribution >= 0.6 is 0 Å². The van der Waals surface area contributed by atoms with Gasteiger partial charge in [-0.3, -0.25) is 9.78 Å². The molecule has 0 fully saturated rings. The van der Waals surface area contributed by atoms with E-state index in [2.05, 4.69) is 20.6 Å². The van der Waals surface area contributed by atoms with Gasteiger partial charge in [0.05, 0.1) is 0 Å². The van der Waals surface area contributed by atoms with Crippen LogP contribution in [0.15, 0.2) is 4.79 Å². The smallest absolute Gasteiger partial charge is 0.277 e. The van der Waals surface area contributed by atoms with Gasteiger partial charge in [-0.05, 0) is 6.92 Å². The quantitative estimate of drug-likeness (QED) is 0.448. The normalized spacial score (nSPS) is 23.5. The molecule has 80 valence electrons. The van der Waals surface area contributed by atoms with E-state index in [1.54, 1.807) is 6.92 Å². The molecular weight excluding hydrogens is 198 g/mol. The lowest BCUT2D eigenvalue weighted by molar-refractivity contribution is -0.110. The van der Waals surface area contributed by atoms with Crippen LogP contribution in [0, 0.1) is 0 Å². The summed E-state index contributed by atoms with van der Waals surface area (Å²) in [5.41, 5.74) is 4.43. The summed E-state index contributed by atoms with van der Waals surface area (Å²) in [7, 11) is 0. The molecule has 1 aromatic heterocycles. The van der Waals surface area contributed by atoms with Gasteiger partial charge in [0.25, 0.3) is 5.56 Å². The van der Waals surface area contributed by atoms with Crippen LogP contribution in [-0.4, -0.2) is 28.3 Å². The monoisotopic (exact) mass is 209 g/mol. The van der Waals surface area contributed by atoms with Crippen molar-refractivity contribution in [2.24, 2.45) is 0 Å².